The Balaban J connectivity index is 2.21. The second kappa shape index (κ2) is 41.2. The van der Waals surface area contributed by atoms with Crippen LogP contribution in [0, 0.1) is 0 Å². The first-order valence-corrected chi connectivity index (χ1v) is 25.7. The molecule has 1 fully saturated rings. The van der Waals surface area contributed by atoms with Crippen LogP contribution in [0.5, 0.6) is 0 Å². The van der Waals surface area contributed by atoms with Crippen LogP contribution in [0.4, 0.5) is 0 Å². The number of hydrogen-bond acceptors (Lipinski definition) is 8. The number of carbonyl (C=O) groups is 1. The van der Waals surface area contributed by atoms with Gasteiger partial charge in [-0.05, 0) is 12.8 Å². The summed E-state index contributed by atoms with van der Waals surface area (Å²) in [5.41, 5.74) is 0. The number of unbranched alkanes of at least 4 members (excludes halogenated alkanes) is 34. The van der Waals surface area contributed by atoms with Crippen molar-refractivity contribution < 1.29 is 39.8 Å². The molecule has 7 atom stereocenters. The van der Waals surface area contributed by atoms with Gasteiger partial charge in [0.2, 0.25) is 5.91 Å². The molecule has 59 heavy (non-hydrogen) atoms. The lowest BCUT2D eigenvalue weighted by Crippen LogP contribution is -2.60. The molecule has 6 N–H and O–H groups in total. The standard InChI is InChI=1S/C50H99NO8/c1-3-5-7-9-11-13-15-17-18-19-20-21-22-23-24-25-26-28-30-32-34-36-38-40-46(54)51-43(42-58-50-49(57)48(56)47(55)45(41-52)59-50)44(53)39-37-35-33-31-29-27-16-14-12-10-8-6-4-2/h43-45,47-50,52-53,55-57H,3-42H2,1-2H3,(H,51,54)/t43-,44+,45?,47?,48?,49?,50?/m0/s1. The van der Waals surface area contributed by atoms with E-state index in [1.807, 2.05) is 0 Å². The van der Waals surface area contributed by atoms with Crippen molar-refractivity contribution in [1.82, 2.24) is 5.32 Å². The minimum atomic E-state index is -1.55. The third-order valence-corrected chi connectivity index (χ3v) is 12.7. The number of rotatable bonds is 44. The van der Waals surface area contributed by atoms with Crippen LogP contribution in [0.15, 0.2) is 0 Å². The summed E-state index contributed by atoms with van der Waals surface area (Å²) in [6, 6.07) is -0.711. The molecule has 0 radical (unpaired) electrons. The fraction of sp³-hybridized carbons (Fsp3) is 0.980. The summed E-state index contributed by atoms with van der Waals surface area (Å²) in [6.45, 7) is 3.86. The van der Waals surface area contributed by atoms with Crippen LogP contribution in [0.3, 0.4) is 0 Å². The predicted molar refractivity (Wildman–Crippen MR) is 244 cm³/mol. The summed E-state index contributed by atoms with van der Waals surface area (Å²) in [5, 5.41) is 54.4. The number of carbonyl (C=O) groups excluding carboxylic acids is 1. The lowest BCUT2D eigenvalue weighted by molar-refractivity contribution is -0.302. The second-order valence-corrected chi connectivity index (χ2v) is 18.3. The van der Waals surface area contributed by atoms with Gasteiger partial charge in [0.1, 0.15) is 24.4 Å². The van der Waals surface area contributed by atoms with Crippen molar-refractivity contribution in [2.24, 2.45) is 0 Å². The minimum Gasteiger partial charge on any atom is -0.394 e. The van der Waals surface area contributed by atoms with E-state index in [0.717, 1.165) is 38.5 Å². The summed E-state index contributed by atoms with van der Waals surface area (Å²) >= 11 is 0. The molecule has 5 unspecified atom stereocenters. The first-order valence-electron chi connectivity index (χ1n) is 25.7. The fourth-order valence-corrected chi connectivity index (χ4v) is 8.58. The van der Waals surface area contributed by atoms with Gasteiger partial charge in [0.05, 0.1) is 25.4 Å². The molecule has 0 bridgehead atoms. The second-order valence-electron chi connectivity index (χ2n) is 18.3. The van der Waals surface area contributed by atoms with Crippen LogP contribution < -0.4 is 5.32 Å². The molecule has 1 aliphatic rings. The van der Waals surface area contributed by atoms with Gasteiger partial charge in [-0.2, -0.15) is 0 Å². The molecule has 0 aromatic carbocycles. The van der Waals surface area contributed by atoms with Crippen LogP contribution in [-0.4, -0.2) is 87.5 Å². The average molecular weight is 842 g/mol. The summed E-state index contributed by atoms with van der Waals surface area (Å²) < 4.78 is 11.3. The predicted octanol–water partition coefficient (Wildman–Crippen LogP) is 11.5. The molecular weight excluding hydrogens is 743 g/mol. The minimum absolute atomic E-state index is 0.132. The third-order valence-electron chi connectivity index (χ3n) is 12.7. The summed E-state index contributed by atoms with van der Waals surface area (Å²) in [4.78, 5) is 13.0. The Hall–Kier alpha value is -0.810. The van der Waals surface area contributed by atoms with Crippen LogP contribution in [0.2, 0.25) is 0 Å². The van der Waals surface area contributed by atoms with Crippen LogP contribution >= 0.6 is 0 Å². The maximum atomic E-state index is 13.0. The number of aliphatic hydroxyl groups excluding tert-OH is 5. The summed E-state index contributed by atoms with van der Waals surface area (Å²) in [5.74, 6) is -0.139. The van der Waals surface area contributed by atoms with E-state index < -0.39 is 49.5 Å². The zero-order valence-corrected chi connectivity index (χ0v) is 38.8. The Morgan fingerprint density at radius 2 is 0.847 bits per heavy atom. The van der Waals surface area contributed by atoms with Crippen LogP contribution in [0.25, 0.3) is 0 Å². The molecule has 0 aromatic rings. The number of hydrogen-bond donors (Lipinski definition) is 6. The van der Waals surface area contributed by atoms with Gasteiger partial charge < -0.3 is 40.3 Å². The zero-order valence-electron chi connectivity index (χ0n) is 38.8. The maximum Gasteiger partial charge on any atom is 0.220 e. The fourth-order valence-electron chi connectivity index (χ4n) is 8.58. The van der Waals surface area contributed by atoms with Gasteiger partial charge in [-0.15, -0.1) is 0 Å². The van der Waals surface area contributed by atoms with Crippen molar-refractivity contribution in [3.63, 3.8) is 0 Å². The Kier molecular flexibility index (Phi) is 39.3. The van der Waals surface area contributed by atoms with Gasteiger partial charge in [-0.3, -0.25) is 4.79 Å². The Bertz CT molecular complexity index is 893. The summed E-state index contributed by atoms with van der Waals surface area (Å²) in [7, 11) is 0. The first-order chi connectivity index (χ1) is 28.8. The van der Waals surface area contributed by atoms with Gasteiger partial charge in [-0.25, -0.2) is 0 Å². The van der Waals surface area contributed by atoms with Crippen molar-refractivity contribution in [2.75, 3.05) is 13.2 Å². The van der Waals surface area contributed by atoms with E-state index in [0.29, 0.717) is 12.8 Å². The van der Waals surface area contributed by atoms with Gasteiger partial charge in [0.25, 0.3) is 0 Å². The molecule has 1 heterocycles. The molecule has 1 aliphatic heterocycles. The highest BCUT2D eigenvalue weighted by Gasteiger charge is 2.44. The van der Waals surface area contributed by atoms with E-state index in [2.05, 4.69) is 19.2 Å². The average Bonchev–Trinajstić information content (AvgIpc) is 3.23. The van der Waals surface area contributed by atoms with Gasteiger partial charge in [0.15, 0.2) is 6.29 Å². The quantitative estimate of drug-likeness (QED) is 0.0332. The van der Waals surface area contributed by atoms with E-state index in [4.69, 9.17) is 9.47 Å². The topological polar surface area (TPSA) is 149 Å². The molecule has 1 saturated heterocycles. The maximum absolute atomic E-state index is 13.0. The Labute approximate surface area is 364 Å². The number of amides is 1. The lowest BCUT2D eigenvalue weighted by Gasteiger charge is -2.40. The van der Waals surface area contributed by atoms with Crippen molar-refractivity contribution in [3.05, 3.63) is 0 Å². The SMILES string of the molecule is CCCCCCCCCCCCCCCCCCCCCCCCCC(=O)N[C@@H](COC1OC(CO)C(O)C(O)C1O)[C@H](O)CCCCCCCCCCCCCCC. The smallest absolute Gasteiger partial charge is 0.220 e. The molecule has 352 valence electrons. The number of nitrogens with one attached hydrogen (secondary N) is 1. The lowest BCUT2D eigenvalue weighted by atomic mass is 9.99. The van der Waals surface area contributed by atoms with E-state index in [9.17, 15) is 30.3 Å². The Morgan fingerprint density at radius 1 is 0.508 bits per heavy atom. The van der Waals surface area contributed by atoms with E-state index in [1.165, 1.54) is 193 Å². The van der Waals surface area contributed by atoms with E-state index in [-0.39, 0.29) is 12.5 Å². The highest BCUT2D eigenvalue weighted by atomic mass is 16.7. The van der Waals surface area contributed by atoms with E-state index >= 15 is 0 Å². The van der Waals surface area contributed by atoms with E-state index in [1.54, 1.807) is 0 Å². The molecule has 9 heteroatoms. The van der Waals surface area contributed by atoms with Crippen molar-refractivity contribution in [1.29, 1.82) is 0 Å². The zero-order chi connectivity index (χ0) is 43.0. The van der Waals surface area contributed by atoms with Crippen molar-refractivity contribution >= 4 is 5.91 Å². The van der Waals surface area contributed by atoms with Gasteiger partial charge in [0, 0.05) is 6.42 Å². The van der Waals surface area contributed by atoms with Crippen LogP contribution in [-0.2, 0) is 14.3 Å². The molecular formula is C50H99NO8. The highest BCUT2D eigenvalue weighted by molar-refractivity contribution is 5.76. The summed E-state index contributed by atoms with van der Waals surface area (Å²) in [6.07, 6.45) is 39.8. The van der Waals surface area contributed by atoms with Crippen molar-refractivity contribution in [3.8, 4) is 0 Å². The Morgan fingerprint density at radius 3 is 1.20 bits per heavy atom. The number of ether oxygens (including phenoxy) is 2. The number of aliphatic hydroxyl groups is 5. The molecule has 0 saturated carbocycles. The largest absolute Gasteiger partial charge is 0.394 e. The van der Waals surface area contributed by atoms with Crippen LogP contribution in [0.1, 0.15) is 258 Å². The van der Waals surface area contributed by atoms with Gasteiger partial charge in [-0.1, -0.05) is 239 Å². The molecule has 1 rings (SSSR count). The molecule has 0 spiro atoms. The molecule has 0 aliphatic carbocycles. The monoisotopic (exact) mass is 842 g/mol. The molecule has 0 aromatic heterocycles. The van der Waals surface area contributed by atoms with Gasteiger partial charge >= 0.3 is 0 Å². The normalized spacial score (nSPS) is 20.6. The molecule has 1 amide bonds. The first kappa shape index (κ1) is 56.2. The van der Waals surface area contributed by atoms with Crippen molar-refractivity contribution in [2.45, 2.75) is 301 Å². The highest BCUT2D eigenvalue weighted by Crippen LogP contribution is 2.23. The third kappa shape index (κ3) is 31.6. The molecule has 9 nitrogen and oxygen atoms in total.